The average Bonchev–Trinajstić information content (AvgIpc) is 2.39. The van der Waals surface area contributed by atoms with Crippen molar-refractivity contribution in [2.45, 2.75) is 19.9 Å². The minimum absolute atomic E-state index is 0.0974. The smallest absolute Gasteiger partial charge is 0.145 e. The lowest BCUT2D eigenvalue weighted by Crippen LogP contribution is -2.19. The zero-order chi connectivity index (χ0) is 12.3. The summed E-state index contributed by atoms with van der Waals surface area (Å²) >= 11 is 0. The highest BCUT2D eigenvalue weighted by Gasteiger charge is 2.13. The molecule has 1 aromatic heterocycles. The SMILES string of the molecule is CC(C)C(N)c1ncc(-c2ccccc2)cn1. The van der Waals surface area contributed by atoms with Crippen LogP contribution in [0.2, 0.25) is 0 Å². The fourth-order valence-corrected chi connectivity index (χ4v) is 1.59. The summed E-state index contributed by atoms with van der Waals surface area (Å²) in [7, 11) is 0. The Morgan fingerprint density at radius 2 is 1.53 bits per heavy atom. The van der Waals surface area contributed by atoms with Gasteiger partial charge < -0.3 is 5.73 Å². The van der Waals surface area contributed by atoms with Gasteiger partial charge in [0.15, 0.2) is 0 Å². The van der Waals surface area contributed by atoms with Gasteiger partial charge in [0, 0.05) is 18.0 Å². The van der Waals surface area contributed by atoms with Crippen LogP contribution in [-0.2, 0) is 0 Å². The van der Waals surface area contributed by atoms with Gasteiger partial charge >= 0.3 is 0 Å². The maximum absolute atomic E-state index is 6.00. The second-order valence-corrected chi connectivity index (χ2v) is 4.47. The van der Waals surface area contributed by atoms with Crippen molar-refractivity contribution >= 4 is 0 Å². The monoisotopic (exact) mass is 227 g/mol. The summed E-state index contributed by atoms with van der Waals surface area (Å²) in [5, 5.41) is 0. The number of nitrogens with zero attached hydrogens (tertiary/aromatic N) is 2. The van der Waals surface area contributed by atoms with E-state index in [4.69, 9.17) is 5.73 Å². The lowest BCUT2D eigenvalue weighted by atomic mass is 10.0. The molecular formula is C14H17N3. The van der Waals surface area contributed by atoms with E-state index in [2.05, 4.69) is 23.8 Å². The van der Waals surface area contributed by atoms with Gasteiger partial charge in [-0.2, -0.15) is 0 Å². The molecule has 17 heavy (non-hydrogen) atoms. The molecule has 2 N–H and O–H groups in total. The molecule has 2 aromatic rings. The topological polar surface area (TPSA) is 51.8 Å². The first-order chi connectivity index (χ1) is 8.18. The lowest BCUT2D eigenvalue weighted by Gasteiger charge is -2.13. The van der Waals surface area contributed by atoms with Crippen LogP contribution in [0.5, 0.6) is 0 Å². The Balaban J connectivity index is 2.25. The van der Waals surface area contributed by atoms with Crippen LogP contribution in [0.4, 0.5) is 0 Å². The molecule has 0 aliphatic carbocycles. The molecule has 1 unspecified atom stereocenters. The third kappa shape index (κ3) is 2.68. The number of aromatic nitrogens is 2. The molecule has 0 aliphatic heterocycles. The normalized spacial score (nSPS) is 12.7. The lowest BCUT2D eigenvalue weighted by molar-refractivity contribution is 0.490. The molecule has 0 aliphatic rings. The first-order valence-corrected chi connectivity index (χ1v) is 5.81. The van der Waals surface area contributed by atoms with Crippen molar-refractivity contribution in [1.82, 2.24) is 9.97 Å². The van der Waals surface area contributed by atoms with Gasteiger partial charge in [-0.3, -0.25) is 0 Å². The van der Waals surface area contributed by atoms with Crippen LogP contribution >= 0.6 is 0 Å². The second kappa shape index (κ2) is 5.06. The van der Waals surface area contributed by atoms with Crippen LogP contribution in [0, 0.1) is 5.92 Å². The third-order valence-corrected chi connectivity index (χ3v) is 2.80. The van der Waals surface area contributed by atoms with Crippen LogP contribution in [0.3, 0.4) is 0 Å². The maximum atomic E-state index is 6.00. The molecule has 0 fully saturated rings. The molecule has 0 bridgehead atoms. The van der Waals surface area contributed by atoms with E-state index in [9.17, 15) is 0 Å². The van der Waals surface area contributed by atoms with Crippen molar-refractivity contribution in [3.63, 3.8) is 0 Å². The molecule has 3 nitrogen and oxygen atoms in total. The molecule has 0 saturated carbocycles. The van der Waals surface area contributed by atoms with Gasteiger partial charge in [-0.1, -0.05) is 44.2 Å². The fraction of sp³-hybridized carbons (Fsp3) is 0.286. The summed E-state index contributed by atoms with van der Waals surface area (Å²) in [5.41, 5.74) is 8.14. The molecule has 0 saturated heterocycles. The predicted octanol–water partition coefficient (Wildman–Crippen LogP) is 2.80. The van der Waals surface area contributed by atoms with E-state index < -0.39 is 0 Å². The third-order valence-electron chi connectivity index (χ3n) is 2.80. The zero-order valence-electron chi connectivity index (χ0n) is 10.2. The summed E-state index contributed by atoms with van der Waals surface area (Å²) in [4.78, 5) is 8.68. The van der Waals surface area contributed by atoms with Crippen molar-refractivity contribution in [2.24, 2.45) is 11.7 Å². The Hall–Kier alpha value is -1.74. The Bertz CT molecular complexity index is 463. The number of hydrogen-bond donors (Lipinski definition) is 1. The molecule has 0 radical (unpaired) electrons. The van der Waals surface area contributed by atoms with Crippen LogP contribution in [-0.4, -0.2) is 9.97 Å². The van der Waals surface area contributed by atoms with Crippen molar-refractivity contribution in [3.8, 4) is 11.1 Å². The maximum Gasteiger partial charge on any atom is 0.145 e. The predicted molar refractivity (Wildman–Crippen MR) is 69.2 cm³/mol. The van der Waals surface area contributed by atoms with E-state index in [-0.39, 0.29) is 6.04 Å². The van der Waals surface area contributed by atoms with Crippen molar-refractivity contribution in [2.75, 3.05) is 0 Å². The van der Waals surface area contributed by atoms with E-state index in [0.29, 0.717) is 11.7 Å². The van der Waals surface area contributed by atoms with Gasteiger partial charge in [-0.15, -0.1) is 0 Å². The largest absolute Gasteiger partial charge is 0.321 e. The first kappa shape index (κ1) is 11.7. The molecule has 0 spiro atoms. The highest BCUT2D eigenvalue weighted by molar-refractivity contribution is 5.60. The summed E-state index contributed by atoms with van der Waals surface area (Å²) < 4.78 is 0. The zero-order valence-corrected chi connectivity index (χ0v) is 10.2. The average molecular weight is 227 g/mol. The molecule has 0 amide bonds. The van der Waals surface area contributed by atoms with Gasteiger partial charge in [0.2, 0.25) is 0 Å². The number of benzene rings is 1. The minimum atomic E-state index is -0.0974. The Morgan fingerprint density at radius 3 is 2.06 bits per heavy atom. The van der Waals surface area contributed by atoms with Crippen molar-refractivity contribution in [1.29, 1.82) is 0 Å². The van der Waals surface area contributed by atoms with E-state index >= 15 is 0 Å². The molecule has 3 heteroatoms. The molecule has 1 aromatic carbocycles. The van der Waals surface area contributed by atoms with Gasteiger partial charge in [-0.25, -0.2) is 9.97 Å². The van der Waals surface area contributed by atoms with Crippen LogP contribution in [0.15, 0.2) is 42.7 Å². The number of nitrogens with two attached hydrogens (primary N) is 1. The van der Waals surface area contributed by atoms with Gasteiger partial charge in [0.1, 0.15) is 5.82 Å². The Labute approximate surface area is 102 Å². The van der Waals surface area contributed by atoms with Crippen LogP contribution < -0.4 is 5.73 Å². The van der Waals surface area contributed by atoms with E-state index in [1.807, 2.05) is 42.7 Å². The molecule has 88 valence electrons. The summed E-state index contributed by atoms with van der Waals surface area (Å²) in [6.45, 7) is 4.14. The van der Waals surface area contributed by atoms with Gasteiger partial charge in [-0.05, 0) is 11.5 Å². The van der Waals surface area contributed by atoms with Gasteiger partial charge in [0.05, 0.1) is 6.04 Å². The second-order valence-electron chi connectivity index (χ2n) is 4.47. The van der Waals surface area contributed by atoms with Crippen LogP contribution in [0.25, 0.3) is 11.1 Å². The standard InChI is InChI=1S/C14H17N3/c1-10(2)13(15)14-16-8-12(9-17-14)11-6-4-3-5-7-11/h3-10,13H,15H2,1-2H3. The Kier molecular flexibility index (Phi) is 3.49. The summed E-state index contributed by atoms with van der Waals surface area (Å²) in [6.07, 6.45) is 3.67. The summed E-state index contributed by atoms with van der Waals surface area (Å²) in [5.74, 6) is 1.05. The Morgan fingerprint density at radius 1 is 0.941 bits per heavy atom. The highest BCUT2D eigenvalue weighted by atomic mass is 14.9. The van der Waals surface area contributed by atoms with E-state index in [0.717, 1.165) is 11.1 Å². The quantitative estimate of drug-likeness (QED) is 0.877. The number of rotatable bonds is 3. The minimum Gasteiger partial charge on any atom is -0.321 e. The first-order valence-electron chi connectivity index (χ1n) is 5.81. The van der Waals surface area contributed by atoms with Crippen molar-refractivity contribution < 1.29 is 0 Å². The molecule has 2 rings (SSSR count). The van der Waals surface area contributed by atoms with Crippen LogP contribution in [0.1, 0.15) is 25.7 Å². The fourth-order valence-electron chi connectivity index (χ4n) is 1.59. The molecule has 1 heterocycles. The van der Waals surface area contributed by atoms with E-state index in [1.165, 1.54) is 0 Å². The highest BCUT2D eigenvalue weighted by Crippen LogP contribution is 2.19. The summed E-state index contributed by atoms with van der Waals surface area (Å²) in [6, 6.07) is 9.99. The van der Waals surface area contributed by atoms with Crippen molar-refractivity contribution in [3.05, 3.63) is 48.5 Å². The van der Waals surface area contributed by atoms with E-state index in [1.54, 1.807) is 0 Å². The number of hydrogen-bond acceptors (Lipinski definition) is 3. The molecular weight excluding hydrogens is 210 g/mol. The van der Waals surface area contributed by atoms with Gasteiger partial charge in [0.25, 0.3) is 0 Å². The molecule has 1 atom stereocenters.